The first kappa shape index (κ1) is 11.8. The zero-order chi connectivity index (χ0) is 12.5. The lowest BCUT2D eigenvalue weighted by Crippen LogP contribution is -2.38. The molecule has 1 aromatic heterocycles. The SMILES string of the molecule is O=C1CC(NS(=O)(=O)c2c[nH]ccc2=O)CN1. The van der Waals surface area contributed by atoms with Crippen molar-refractivity contribution in [1.29, 1.82) is 0 Å². The van der Waals surface area contributed by atoms with Gasteiger partial charge in [-0.2, -0.15) is 0 Å². The predicted octanol–water partition coefficient (Wildman–Crippen LogP) is -1.46. The van der Waals surface area contributed by atoms with Gasteiger partial charge in [-0.05, 0) is 0 Å². The highest BCUT2D eigenvalue weighted by atomic mass is 32.2. The molecule has 1 amide bonds. The minimum atomic E-state index is -3.88. The second-order valence-electron chi connectivity index (χ2n) is 3.70. The molecule has 2 heterocycles. The van der Waals surface area contributed by atoms with Gasteiger partial charge in [-0.3, -0.25) is 9.59 Å². The summed E-state index contributed by atoms with van der Waals surface area (Å²) >= 11 is 0. The van der Waals surface area contributed by atoms with E-state index in [-0.39, 0.29) is 23.8 Å². The summed E-state index contributed by atoms with van der Waals surface area (Å²) in [4.78, 5) is 24.5. The summed E-state index contributed by atoms with van der Waals surface area (Å²) in [5.41, 5.74) is -0.589. The first-order valence-corrected chi connectivity index (χ1v) is 6.43. The lowest BCUT2D eigenvalue weighted by atomic mass is 10.3. The van der Waals surface area contributed by atoms with Gasteiger partial charge in [-0.15, -0.1) is 0 Å². The molecule has 1 aliphatic heterocycles. The molecule has 1 aromatic rings. The van der Waals surface area contributed by atoms with Gasteiger partial charge >= 0.3 is 0 Å². The van der Waals surface area contributed by atoms with E-state index < -0.39 is 21.5 Å². The number of pyridine rings is 1. The lowest BCUT2D eigenvalue weighted by Gasteiger charge is -2.10. The topological polar surface area (TPSA) is 108 Å². The van der Waals surface area contributed by atoms with Crippen LogP contribution in [-0.4, -0.2) is 31.9 Å². The number of hydrogen-bond donors (Lipinski definition) is 3. The number of sulfonamides is 1. The summed E-state index contributed by atoms with van der Waals surface area (Å²) in [7, 11) is -3.88. The normalized spacial score (nSPS) is 20.2. The molecule has 0 spiro atoms. The Balaban J connectivity index is 2.23. The van der Waals surface area contributed by atoms with Crippen molar-refractivity contribution in [1.82, 2.24) is 15.0 Å². The fourth-order valence-electron chi connectivity index (χ4n) is 1.58. The monoisotopic (exact) mass is 257 g/mol. The molecule has 0 aliphatic carbocycles. The first-order valence-electron chi connectivity index (χ1n) is 4.95. The maximum atomic E-state index is 11.8. The van der Waals surface area contributed by atoms with Crippen LogP contribution in [0.5, 0.6) is 0 Å². The second-order valence-corrected chi connectivity index (χ2v) is 5.38. The molecule has 2 rings (SSSR count). The van der Waals surface area contributed by atoms with E-state index >= 15 is 0 Å². The van der Waals surface area contributed by atoms with Crippen LogP contribution in [0.1, 0.15) is 6.42 Å². The molecule has 7 nitrogen and oxygen atoms in total. The Morgan fingerprint density at radius 3 is 2.71 bits per heavy atom. The Morgan fingerprint density at radius 2 is 2.12 bits per heavy atom. The van der Waals surface area contributed by atoms with Gasteiger partial charge in [-0.25, -0.2) is 13.1 Å². The van der Waals surface area contributed by atoms with Crippen LogP contribution in [0, 0.1) is 0 Å². The van der Waals surface area contributed by atoms with Crippen LogP contribution in [0.3, 0.4) is 0 Å². The highest BCUT2D eigenvalue weighted by Gasteiger charge is 2.27. The zero-order valence-electron chi connectivity index (χ0n) is 8.76. The molecule has 0 radical (unpaired) electrons. The van der Waals surface area contributed by atoms with Gasteiger partial charge in [0.15, 0.2) is 0 Å². The minimum Gasteiger partial charge on any atom is -0.366 e. The minimum absolute atomic E-state index is 0.0873. The van der Waals surface area contributed by atoms with Crippen LogP contribution in [0.15, 0.2) is 28.2 Å². The van der Waals surface area contributed by atoms with Crippen molar-refractivity contribution in [2.45, 2.75) is 17.4 Å². The van der Waals surface area contributed by atoms with E-state index in [4.69, 9.17) is 0 Å². The quantitative estimate of drug-likeness (QED) is 0.615. The van der Waals surface area contributed by atoms with Crippen molar-refractivity contribution in [3.05, 3.63) is 28.7 Å². The number of H-pyrrole nitrogens is 1. The van der Waals surface area contributed by atoms with Gasteiger partial charge in [0.2, 0.25) is 21.4 Å². The number of nitrogens with one attached hydrogen (secondary N) is 3. The molecule has 1 atom stereocenters. The molecule has 0 bridgehead atoms. The van der Waals surface area contributed by atoms with Crippen LogP contribution in [-0.2, 0) is 14.8 Å². The molecule has 0 aromatic carbocycles. The number of carbonyl (C=O) groups is 1. The largest absolute Gasteiger partial charge is 0.366 e. The predicted molar refractivity (Wildman–Crippen MR) is 58.8 cm³/mol. The summed E-state index contributed by atoms with van der Waals surface area (Å²) in [6.07, 6.45) is 2.56. The van der Waals surface area contributed by atoms with E-state index in [1.54, 1.807) is 0 Å². The van der Waals surface area contributed by atoms with Gasteiger partial charge in [-0.1, -0.05) is 0 Å². The maximum absolute atomic E-state index is 11.8. The summed E-state index contributed by atoms with van der Waals surface area (Å²) in [5.74, 6) is -0.209. The van der Waals surface area contributed by atoms with Crippen LogP contribution < -0.4 is 15.5 Å². The highest BCUT2D eigenvalue weighted by Crippen LogP contribution is 2.06. The second kappa shape index (κ2) is 4.30. The summed E-state index contributed by atoms with van der Waals surface area (Å²) < 4.78 is 26.0. The van der Waals surface area contributed by atoms with Gasteiger partial charge in [0.05, 0.1) is 0 Å². The molecular weight excluding hydrogens is 246 g/mol. The summed E-state index contributed by atoms with van der Waals surface area (Å²) in [6.45, 7) is 0.239. The molecule has 1 saturated heterocycles. The third kappa shape index (κ3) is 2.53. The van der Waals surface area contributed by atoms with E-state index in [1.165, 1.54) is 6.20 Å². The molecule has 92 valence electrons. The maximum Gasteiger partial charge on any atom is 0.246 e. The van der Waals surface area contributed by atoms with E-state index in [9.17, 15) is 18.0 Å². The Labute approximate surface area is 97.3 Å². The standard InChI is InChI=1S/C9H11N3O4S/c13-7-1-2-10-5-8(7)17(15,16)12-6-3-9(14)11-4-6/h1-2,5-6,12H,3-4H2,(H,10,13)(H,11,14). The molecule has 1 unspecified atom stereocenters. The molecule has 3 N–H and O–H groups in total. The Bertz CT molecular complexity index is 592. The van der Waals surface area contributed by atoms with Crippen LogP contribution in [0.2, 0.25) is 0 Å². The fourth-order valence-corrected chi connectivity index (χ4v) is 2.87. The summed E-state index contributed by atoms with van der Waals surface area (Å²) in [6, 6.07) is 0.624. The number of rotatable bonds is 3. The van der Waals surface area contributed by atoms with Crippen molar-refractivity contribution >= 4 is 15.9 Å². The molecular formula is C9H11N3O4S. The van der Waals surface area contributed by atoms with Gasteiger partial charge in [0.1, 0.15) is 4.90 Å². The molecule has 0 saturated carbocycles. The van der Waals surface area contributed by atoms with Crippen LogP contribution in [0.25, 0.3) is 0 Å². The zero-order valence-corrected chi connectivity index (χ0v) is 9.58. The number of amides is 1. The average molecular weight is 257 g/mol. The van der Waals surface area contributed by atoms with Gasteiger partial charge in [0, 0.05) is 37.5 Å². The van der Waals surface area contributed by atoms with E-state index in [0.717, 1.165) is 12.3 Å². The molecule has 17 heavy (non-hydrogen) atoms. The van der Waals surface area contributed by atoms with Crippen molar-refractivity contribution in [3.8, 4) is 0 Å². The van der Waals surface area contributed by atoms with E-state index in [2.05, 4.69) is 15.0 Å². The molecule has 8 heteroatoms. The third-order valence-corrected chi connectivity index (χ3v) is 3.92. The Morgan fingerprint density at radius 1 is 1.35 bits per heavy atom. The van der Waals surface area contributed by atoms with Crippen molar-refractivity contribution in [3.63, 3.8) is 0 Å². The van der Waals surface area contributed by atoms with Gasteiger partial charge < -0.3 is 10.3 Å². The van der Waals surface area contributed by atoms with Crippen molar-refractivity contribution in [2.24, 2.45) is 0 Å². The molecule has 1 fully saturated rings. The lowest BCUT2D eigenvalue weighted by molar-refractivity contribution is -0.119. The van der Waals surface area contributed by atoms with Crippen molar-refractivity contribution < 1.29 is 13.2 Å². The van der Waals surface area contributed by atoms with Crippen molar-refractivity contribution in [2.75, 3.05) is 6.54 Å². The first-order chi connectivity index (χ1) is 7.99. The van der Waals surface area contributed by atoms with Gasteiger partial charge in [0.25, 0.3) is 0 Å². The highest BCUT2D eigenvalue weighted by molar-refractivity contribution is 7.89. The number of aromatic amines is 1. The molecule has 1 aliphatic rings. The van der Waals surface area contributed by atoms with Crippen LogP contribution in [0.4, 0.5) is 0 Å². The average Bonchev–Trinajstić information content (AvgIpc) is 2.63. The Kier molecular flexibility index (Phi) is 2.99. The third-order valence-electron chi connectivity index (χ3n) is 2.38. The van der Waals surface area contributed by atoms with Crippen LogP contribution >= 0.6 is 0 Å². The van der Waals surface area contributed by atoms with E-state index in [0.29, 0.717) is 0 Å². The summed E-state index contributed by atoms with van der Waals surface area (Å²) in [5, 5.41) is 2.51. The fraction of sp³-hybridized carbons (Fsp3) is 0.333. The smallest absolute Gasteiger partial charge is 0.246 e. The Hall–Kier alpha value is -1.67. The number of carbonyl (C=O) groups excluding carboxylic acids is 1. The van der Waals surface area contributed by atoms with E-state index in [1.807, 2.05) is 0 Å². The number of hydrogen-bond acceptors (Lipinski definition) is 4. The number of aromatic nitrogens is 1.